The van der Waals surface area contributed by atoms with Gasteiger partial charge in [0, 0.05) is 32.7 Å². The van der Waals surface area contributed by atoms with Gasteiger partial charge in [0.25, 0.3) is 0 Å². The minimum absolute atomic E-state index is 0.00862. The first-order valence-corrected chi connectivity index (χ1v) is 14.4. The summed E-state index contributed by atoms with van der Waals surface area (Å²) in [6, 6.07) is 19.5. The number of benzene rings is 2. The zero-order valence-electron chi connectivity index (χ0n) is 22.6. The minimum atomic E-state index is -0.737. The third-order valence-corrected chi connectivity index (χ3v) is 8.34. The van der Waals surface area contributed by atoms with E-state index in [1.807, 2.05) is 41.3 Å². The van der Waals surface area contributed by atoms with E-state index in [1.54, 1.807) is 0 Å². The number of amides is 3. The van der Waals surface area contributed by atoms with Crippen molar-refractivity contribution in [2.24, 2.45) is 5.92 Å². The highest BCUT2D eigenvalue weighted by Crippen LogP contribution is 2.38. The summed E-state index contributed by atoms with van der Waals surface area (Å²) in [7, 11) is 0. The molecule has 2 aliphatic heterocycles. The summed E-state index contributed by atoms with van der Waals surface area (Å²) in [6.07, 6.45) is 5.18. The van der Waals surface area contributed by atoms with Crippen LogP contribution in [-0.4, -0.2) is 72.0 Å². The molecule has 0 aromatic heterocycles. The van der Waals surface area contributed by atoms with Gasteiger partial charge in [-0.3, -0.25) is 9.59 Å². The number of hydrogen-bond donors (Lipinski definition) is 2. The highest BCUT2D eigenvalue weighted by Gasteiger charge is 2.54. The van der Waals surface area contributed by atoms with Gasteiger partial charge in [-0.05, 0) is 62.0 Å². The fraction of sp³-hybridized carbons (Fsp3) is 0.516. The average Bonchev–Trinajstić information content (AvgIpc) is 3.80. The Hall–Kier alpha value is -3.39. The first-order valence-electron chi connectivity index (χ1n) is 14.4. The molecule has 8 nitrogen and oxygen atoms in total. The Bertz CT molecular complexity index is 1110. The van der Waals surface area contributed by atoms with E-state index in [0.717, 1.165) is 44.5 Å². The summed E-state index contributed by atoms with van der Waals surface area (Å²) in [5.74, 6) is 0.533. The van der Waals surface area contributed by atoms with Gasteiger partial charge in [-0.1, -0.05) is 60.7 Å². The van der Waals surface area contributed by atoms with Crippen molar-refractivity contribution in [3.8, 4) is 0 Å². The van der Waals surface area contributed by atoms with E-state index < -0.39 is 17.7 Å². The quantitative estimate of drug-likeness (QED) is 0.433. The second kappa shape index (κ2) is 12.6. The van der Waals surface area contributed by atoms with Gasteiger partial charge in [0.1, 0.15) is 18.2 Å². The topological polar surface area (TPSA) is 91.0 Å². The summed E-state index contributed by atoms with van der Waals surface area (Å²) in [4.78, 5) is 43.6. The number of piperidine rings is 1. The lowest BCUT2D eigenvalue weighted by Crippen LogP contribution is -2.73. The maximum Gasteiger partial charge on any atom is 0.407 e. The molecular weight excluding hydrogens is 492 g/mol. The molecule has 0 unspecified atom stereocenters. The Kier molecular flexibility index (Phi) is 8.81. The fourth-order valence-electron chi connectivity index (χ4n) is 5.74. The number of nitrogens with one attached hydrogen (secondary N) is 2. The lowest BCUT2D eigenvalue weighted by Gasteiger charge is -2.52. The predicted octanol–water partition coefficient (Wildman–Crippen LogP) is 3.51. The molecule has 1 spiro atoms. The van der Waals surface area contributed by atoms with Crippen molar-refractivity contribution in [1.82, 2.24) is 20.4 Å². The van der Waals surface area contributed by atoms with Gasteiger partial charge in [-0.25, -0.2) is 4.79 Å². The summed E-state index contributed by atoms with van der Waals surface area (Å²) in [5.41, 5.74) is 1.51. The largest absolute Gasteiger partial charge is 0.445 e. The van der Waals surface area contributed by atoms with Gasteiger partial charge < -0.3 is 25.2 Å². The van der Waals surface area contributed by atoms with Crippen LogP contribution in [0.5, 0.6) is 0 Å². The molecule has 1 saturated carbocycles. The van der Waals surface area contributed by atoms with Crippen LogP contribution >= 0.6 is 0 Å². The molecule has 39 heavy (non-hydrogen) atoms. The molecule has 1 atom stereocenters. The number of alkyl carbamates (subject to hydrolysis) is 1. The Morgan fingerprint density at radius 1 is 0.974 bits per heavy atom. The monoisotopic (exact) mass is 532 g/mol. The van der Waals surface area contributed by atoms with Crippen molar-refractivity contribution in [2.45, 2.75) is 63.1 Å². The van der Waals surface area contributed by atoms with Crippen LogP contribution in [0.2, 0.25) is 0 Å². The van der Waals surface area contributed by atoms with Gasteiger partial charge in [-0.15, -0.1) is 0 Å². The van der Waals surface area contributed by atoms with Crippen molar-refractivity contribution in [2.75, 3.05) is 32.7 Å². The van der Waals surface area contributed by atoms with Crippen LogP contribution in [-0.2, 0) is 27.4 Å². The summed E-state index contributed by atoms with van der Waals surface area (Å²) < 4.78 is 5.25. The normalized spacial score (nSPS) is 21.0. The average molecular weight is 533 g/mol. The molecular formula is C31H40N4O4. The van der Waals surface area contributed by atoms with E-state index >= 15 is 0 Å². The molecule has 0 radical (unpaired) electrons. The summed E-state index contributed by atoms with van der Waals surface area (Å²) in [5, 5.41) is 5.82. The van der Waals surface area contributed by atoms with Crippen molar-refractivity contribution >= 4 is 17.9 Å². The molecule has 2 N–H and O–H groups in total. The molecule has 208 valence electrons. The van der Waals surface area contributed by atoms with Crippen LogP contribution in [0.25, 0.3) is 0 Å². The third kappa shape index (κ3) is 6.98. The lowest BCUT2D eigenvalue weighted by atomic mass is 9.81. The van der Waals surface area contributed by atoms with Crippen molar-refractivity contribution < 1.29 is 19.1 Å². The first kappa shape index (κ1) is 27.2. The van der Waals surface area contributed by atoms with E-state index in [9.17, 15) is 14.4 Å². The Balaban J connectivity index is 1.10. The van der Waals surface area contributed by atoms with Crippen LogP contribution in [0, 0.1) is 5.92 Å². The van der Waals surface area contributed by atoms with Crippen molar-refractivity contribution in [3.05, 3.63) is 71.8 Å². The number of hydrogen-bond acceptors (Lipinski definition) is 5. The first-order chi connectivity index (χ1) is 19.0. The Labute approximate surface area is 231 Å². The molecule has 2 saturated heterocycles. The predicted molar refractivity (Wildman–Crippen MR) is 149 cm³/mol. The van der Waals surface area contributed by atoms with E-state index in [1.165, 1.54) is 5.56 Å². The van der Waals surface area contributed by atoms with Crippen LogP contribution in [0.1, 0.15) is 49.7 Å². The molecule has 8 heteroatoms. The van der Waals surface area contributed by atoms with E-state index in [0.29, 0.717) is 44.7 Å². The molecule has 5 rings (SSSR count). The van der Waals surface area contributed by atoms with Gasteiger partial charge in [0.15, 0.2) is 0 Å². The number of ether oxygens (including phenoxy) is 1. The molecule has 1 aliphatic carbocycles. The molecule has 3 aliphatic rings. The van der Waals surface area contributed by atoms with Gasteiger partial charge in [0.2, 0.25) is 11.8 Å². The Morgan fingerprint density at radius 3 is 2.31 bits per heavy atom. The summed E-state index contributed by atoms with van der Waals surface area (Å²) >= 11 is 0. The third-order valence-electron chi connectivity index (χ3n) is 8.34. The highest BCUT2D eigenvalue weighted by molar-refractivity contribution is 6.00. The lowest BCUT2D eigenvalue weighted by molar-refractivity contribution is -0.161. The molecule has 0 bridgehead atoms. The molecule has 3 amide bonds. The van der Waals surface area contributed by atoms with E-state index in [4.69, 9.17) is 4.74 Å². The van der Waals surface area contributed by atoms with Gasteiger partial charge in [-0.2, -0.15) is 0 Å². The number of carbonyl (C=O) groups is 3. The standard InChI is InChI=1S/C31H40N4O4/c36-28-27(12-7-18-32-30(38)39-23-26-10-5-2-6-11-26)33-29(37)31(35(28)22-25-13-14-25)16-20-34(21-17-31)19-15-24-8-3-1-4-9-24/h1-6,8-11,25,27H,7,12-23H2,(H,32,38)(H,33,37)/t27-/m0/s1. The highest BCUT2D eigenvalue weighted by atomic mass is 16.5. The number of likely N-dealkylation sites (tertiary alicyclic amines) is 1. The smallest absolute Gasteiger partial charge is 0.407 e. The number of rotatable bonds is 11. The molecule has 2 aromatic carbocycles. The van der Waals surface area contributed by atoms with Crippen LogP contribution in [0.3, 0.4) is 0 Å². The maximum atomic E-state index is 13.7. The van der Waals surface area contributed by atoms with Crippen LogP contribution in [0.4, 0.5) is 4.79 Å². The van der Waals surface area contributed by atoms with Crippen LogP contribution in [0.15, 0.2) is 60.7 Å². The molecule has 3 fully saturated rings. The fourth-order valence-corrected chi connectivity index (χ4v) is 5.74. The Morgan fingerprint density at radius 2 is 1.64 bits per heavy atom. The van der Waals surface area contributed by atoms with Crippen LogP contribution < -0.4 is 10.6 Å². The second-order valence-corrected chi connectivity index (χ2v) is 11.2. The second-order valence-electron chi connectivity index (χ2n) is 11.2. The van der Waals surface area contributed by atoms with Crippen molar-refractivity contribution in [1.29, 1.82) is 0 Å². The van der Waals surface area contributed by atoms with E-state index in [2.05, 4.69) is 39.8 Å². The maximum absolute atomic E-state index is 13.7. The minimum Gasteiger partial charge on any atom is -0.445 e. The number of piperazine rings is 1. The van der Waals surface area contributed by atoms with E-state index in [-0.39, 0.29) is 18.4 Å². The SMILES string of the molecule is O=C(NCCC[C@@H]1NC(=O)C2(CCN(CCc3ccccc3)CC2)N(CC2CC2)C1=O)OCc1ccccc1. The van der Waals surface area contributed by atoms with Gasteiger partial charge >= 0.3 is 6.09 Å². The number of nitrogens with zero attached hydrogens (tertiary/aromatic N) is 2. The van der Waals surface area contributed by atoms with Crippen molar-refractivity contribution in [3.63, 3.8) is 0 Å². The molecule has 2 heterocycles. The number of carbonyl (C=O) groups excluding carboxylic acids is 3. The van der Waals surface area contributed by atoms with Gasteiger partial charge in [0.05, 0.1) is 0 Å². The zero-order valence-corrected chi connectivity index (χ0v) is 22.6. The zero-order chi connectivity index (χ0) is 27.1. The molecule has 2 aromatic rings. The summed E-state index contributed by atoms with van der Waals surface area (Å²) in [6.45, 7) is 3.87.